The molecule has 1 saturated heterocycles. The zero-order valence-corrected chi connectivity index (χ0v) is 8.20. The van der Waals surface area contributed by atoms with Crippen LogP contribution in [0.5, 0.6) is 0 Å². The average Bonchev–Trinajstić information content (AvgIpc) is 2.85. The summed E-state index contributed by atoms with van der Waals surface area (Å²) in [6.45, 7) is 4.82. The van der Waals surface area contributed by atoms with E-state index in [0.717, 1.165) is 6.54 Å². The Labute approximate surface area is 79.0 Å². The third-order valence-corrected chi connectivity index (χ3v) is 3.39. The first-order chi connectivity index (χ1) is 6.07. The van der Waals surface area contributed by atoms with Crippen molar-refractivity contribution in [2.75, 3.05) is 6.54 Å². The van der Waals surface area contributed by atoms with Crippen molar-refractivity contribution in [1.29, 1.82) is 5.26 Å². The smallest absolute Gasteiger partial charge is 0.0888 e. The Morgan fingerprint density at radius 3 is 2.46 bits per heavy atom. The summed E-state index contributed by atoms with van der Waals surface area (Å²) in [5.41, 5.74) is -0.207. The van der Waals surface area contributed by atoms with Gasteiger partial charge in [-0.1, -0.05) is 0 Å². The summed E-state index contributed by atoms with van der Waals surface area (Å²) >= 11 is 0. The van der Waals surface area contributed by atoms with Crippen LogP contribution in [0.3, 0.4) is 0 Å². The van der Waals surface area contributed by atoms with Crippen LogP contribution in [0.2, 0.25) is 0 Å². The van der Waals surface area contributed by atoms with Crippen molar-refractivity contribution in [2.45, 2.75) is 44.4 Å². The van der Waals surface area contributed by atoms with E-state index in [-0.39, 0.29) is 11.5 Å². The minimum atomic E-state index is -0.488. The van der Waals surface area contributed by atoms with E-state index in [9.17, 15) is 5.11 Å². The largest absolute Gasteiger partial charge is 0.390 e. The average molecular weight is 180 g/mol. The Morgan fingerprint density at radius 2 is 2.08 bits per heavy atom. The van der Waals surface area contributed by atoms with Gasteiger partial charge in [-0.2, -0.15) is 5.26 Å². The van der Waals surface area contributed by atoms with Crippen LogP contribution < -0.4 is 0 Å². The van der Waals surface area contributed by atoms with E-state index >= 15 is 0 Å². The maximum atomic E-state index is 9.90. The number of hydrogen-bond acceptors (Lipinski definition) is 3. The van der Waals surface area contributed by atoms with Gasteiger partial charge in [-0.05, 0) is 26.7 Å². The predicted octanol–water partition coefficient (Wildman–Crippen LogP) is 0.744. The molecule has 0 bridgehead atoms. The molecule has 1 saturated carbocycles. The summed E-state index contributed by atoms with van der Waals surface area (Å²) in [7, 11) is 0. The van der Waals surface area contributed by atoms with Crippen molar-refractivity contribution in [1.82, 2.24) is 4.90 Å². The minimum Gasteiger partial charge on any atom is -0.390 e. The fourth-order valence-corrected chi connectivity index (χ4v) is 2.33. The maximum absolute atomic E-state index is 9.90. The molecule has 13 heavy (non-hydrogen) atoms. The van der Waals surface area contributed by atoms with Gasteiger partial charge in [0.25, 0.3) is 0 Å². The lowest BCUT2D eigenvalue weighted by Crippen LogP contribution is -2.46. The van der Waals surface area contributed by atoms with Crippen LogP contribution in [0.4, 0.5) is 0 Å². The monoisotopic (exact) mass is 180 g/mol. The lowest BCUT2D eigenvalue weighted by Gasteiger charge is -2.33. The second-order valence-corrected chi connectivity index (χ2v) is 4.72. The molecule has 0 spiro atoms. The van der Waals surface area contributed by atoms with E-state index in [1.807, 2.05) is 13.8 Å². The molecule has 1 aliphatic heterocycles. The van der Waals surface area contributed by atoms with Crippen LogP contribution in [0, 0.1) is 17.2 Å². The summed E-state index contributed by atoms with van der Waals surface area (Å²) in [6.07, 6.45) is 1.97. The Kier molecular flexibility index (Phi) is 1.86. The predicted molar refractivity (Wildman–Crippen MR) is 48.9 cm³/mol. The number of nitriles is 1. The molecule has 2 atom stereocenters. The summed E-state index contributed by atoms with van der Waals surface area (Å²) in [5, 5.41) is 18.8. The molecule has 72 valence electrons. The normalized spacial score (nSPS) is 38.9. The third-order valence-electron chi connectivity index (χ3n) is 3.39. The number of aliphatic hydroxyl groups excluding tert-OH is 1. The van der Waals surface area contributed by atoms with E-state index in [1.165, 1.54) is 12.8 Å². The Hall–Kier alpha value is -0.590. The minimum absolute atomic E-state index is 0.199. The molecule has 1 aliphatic carbocycles. The van der Waals surface area contributed by atoms with Crippen molar-refractivity contribution in [3.63, 3.8) is 0 Å². The molecule has 2 rings (SSSR count). The van der Waals surface area contributed by atoms with Gasteiger partial charge < -0.3 is 5.11 Å². The second kappa shape index (κ2) is 2.70. The first kappa shape index (κ1) is 8.98. The van der Waals surface area contributed by atoms with Gasteiger partial charge in [0.05, 0.1) is 18.1 Å². The molecule has 0 aromatic rings. The van der Waals surface area contributed by atoms with Crippen molar-refractivity contribution in [2.24, 2.45) is 5.92 Å². The molecule has 3 heteroatoms. The van der Waals surface area contributed by atoms with E-state index < -0.39 is 6.10 Å². The fraction of sp³-hybridized carbons (Fsp3) is 0.900. The van der Waals surface area contributed by atoms with Crippen LogP contribution in [0.1, 0.15) is 26.7 Å². The molecular weight excluding hydrogens is 164 g/mol. The summed E-state index contributed by atoms with van der Waals surface area (Å²) in [6, 6.07) is 2.82. The van der Waals surface area contributed by atoms with Gasteiger partial charge in [-0.3, -0.25) is 4.90 Å². The molecule has 2 fully saturated rings. The van der Waals surface area contributed by atoms with Gasteiger partial charge in [0.1, 0.15) is 0 Å². The number of hydrogen-bond donors (Lipinski definition) is 1. The molecular formula is C10H16N2O. The van der Waals surface area contributed by atoms with Crippen LogP contribution in [0.25, 0.3) is 0 Å². The van der Waals surface area contributed by atoms with Crippen molar-refractivity contribution in [3.05, 3.63) is 0 Å². The van der Waals surface area contributed by atoms with Crippen LogP contribution in [-0.4, -0.2) is 34.2 Å². The zero-order chi connectivity index (χ0) is 9.64. The van der Waals surface area contributed by atoms with Gasteiger partial charge in [0, 0.05) is 18.1 Å². The molecule has 0 radical (unpaired) electrons. The molecule has 1 heterocycles. The number of likely N-dealkylation sites (tertiary alicyclic amines) is 1. The standard InChI is InChI=1S/C10H16N2O/c1-10(2)9(13)7(5-11)6-12(10)8-3-4-8/h7-9,13H,3-4,6H2,1-2H3. The SMILES string of the molecule is CC1(C)C(O)C(C#N)CN1C1CC1. The van der Waals surface area contributed by atoms with E-state index in [2.05, 4.69) is 11.0 Å². The van der Waals surface area contributed by atoms with E-state index in [1.54, 1.807) is 0 Å². The lowest BCUT2D eigenvalue weighted by atomic mass is 9.93. The summed E-state index contributed by atoms with van der Waals surface area (Å²) < 4.78 is 0. The summed E-state index contributed by atoms with van der Waals surface area (Å²) in [5.74, 6) is -0.199. The highest BCUT2D eigenvalue weighted by Crippen LogP contribution is 2.41. The van der Waals surface area contributed by atoms with E-state index in [0.29, 0.717) is 6.04 Å². The van der Waals surface area contributed by atoms with Gasteiger partial charge in [-0.15, -0.1) is 0 Å². The highest BCUT2D eigenvalue weighted by atomic mass is 16.3. The third kappa shape index (κ3) is 1.25. The molecule has 3 nitrogen and oxygen atoms in total. The maximum Gasteiger partial charge on any atom is 0.0888 e. The highest BCUT2D eigenvalue weighted by Gasteiger charge is 2.51. The topological polar surface area (TPSA) is 47.3 Å². The van der Waals surface area contributed by atoms with Gasteiger partial charge >= 0.3 is 0 Å². The van der Waals surface area contributed by atoms with Crippen LogP contribution in [0.15, 0.2) is 0 Å². The molecule has 2 aliphatic rings. The zero-order valence-electron chi connectivity index (χ0n) is 8.20. The molecule has 0 amide bonds. The van der Waals surface area contributed by atoms with Crippen molar-refractivity contribution >= 4 is 0 Å². The van der Waals surface area contributed by atoms with Gasteiger partial charge in [0.2, 0.25) is 0 Å². The van der Waals surface area contributed by atoms with Crippen molar-refractivity contribution < 1.29 is 5.11 Å². The Morgan fingerprint density at radius 1 is 1.46 bits per heavy atom. The quantitative estimate of drug-likeness (QED) is 0.647. The molecule has 1 N–H and O–H groups in total. The molecule has 2 unspecified atom stereocenters. The second-order valence-electron chi connectivity index (χ2n) is 4.72. The van der Waals surface area contributed by atoms with Crippen molar-refractivity contribution in [3.8, 4) is 6.07 Å². The number of aliphatic hydroxyl groups is 1. The first-order valence-corrected chi connectivity index (χ1v) is 4.92. The van der Waals surface area contributed by atoms with E-state index in [4.69, 9.17) is 5.26 Å². The molecule has 0 aromatic carbocycles. The van der Waals surface area contributed by atoms with Crippen LogP contribution in [-0.2, 0) is 0 Å². The highest BCUT2D eigenvalue weighted by molar-refractivity contribution is 5.11. The van der Waals surface area contributed by atoms with Crippen LogP contribution >= 0.6 is 0 Å². The van der Waals surface area contributed by atoms with Gasteiger partial charge in [0.15, 0.2) is 0 Å². The summed E-state index contributed by atoms with van der Waals surface area (Å²) in [4.78, 5) is 2.30. The first-order valence-electron chi connectivity index (χ1n) is 4.92. The lowest BCUT2D eigenvalue weighted by molar-refractivity contribution is 0.0436. The number of nitrogens with zero attached hydrogens (tertiary/aromatic N) is 2. The fourth-order valence-electron chi connectivity index (χ4n) is 2.33. The number of rotatable bonds is 1. The Bertz CT molecular complexity index is 252. The van der Waals surface area contributed by atoms with Gasteiger partial charge in [-0.25, -0.2) is 0 Å². The Balaban J connectivity index is 2.18. The molecule has 0 aromatic heterocycles.